The highest BCUT2D eigenvalue weighted by molar-refractivity contribution is 7.16. The molecule has 0 saturated carbocycles. The molecule has 0 bridgehead atoms. The second-order valence-electron chi connectivity index (χ2n) is 7.49. The van der Waals surface area contributed by atoms with Gasteiger partial charge >= 0.3 is 11.0 Å². The molecule has 0 saturated heterocycles. The van der Waals surface area contributed by atoms with Crippen molar-refractivity contribution in [1.82, 2.24) is 4.57 Å². The molecule has 1 amide bonds. The molecule has 3 rings (SSSR count). The molecule has 0 aliphatic heterocycles. The van der Waals surface area contributed by atoms with Crippen LogP contribution in [0.3, 0.4) is 0 Å². The van der Waals surface area contributed by atoms with Crippen molar-refractivity contribution in [3.05, 3.63) is 49.4 Å². The van der Waals surface area contributed by atoms with Crippen molar-refractivity contribution in [2.24, 2.45) is 0 Å². The summed E-state index contributed by atoms with van der Waals surface area (Å²) in [7, 11) is 0. The number of thiazole rings is 1. The molecule has 0 atom stereocenters. The quantitative estimate of drug-likeness (QED) is 0.407. The minimum atomic E-state index is -0.463. The zero-order chi connectivity index (χ0) is 21.1. The van der Waals surface area contributed by atoms with Gasteiger partial charge in [0.25, 0.3) is 0 Å². The summed E-state index contributed by atoms with van der Waals surface area (Å²) >= 11 is 8.78. The van der Waals surface area contributed by atoms with Crippen molar-refractivity contribution < 1.29 is 9.53 Å². The van der Waals surface area contributed by atoms with E-state index in [9.17, 15) is 9.59 Å². The Morgan fingerprint density at radius 1 is 1.24 bits per heavy atom. The number of hydrogen-bond donors (Lipinski definition) is 1. The van der Waals surface area contributed by atoms with E-state index in [1.807, 2.05) is 6.07 Å². The predicted molar refractivity (Wildman–Crippen MR) is 123 cm³/mol. The Bertz CT molecular complexity index is 1070. The molecule has 3 aromatic rings. The SMILES string of the molecule is CC(C)c1csc(NC(=O)OCCCn2c(=O)sc3ccc(Cl)cc32)c1C(C)C. The lowest BCUT2D eigenvalue weighted by molar-refractivity contribution is 0.158. The number of aryl methyl sites for hydroxylation is 1. The average Bonchev–Trinajstić information content (AvgIpc) is 3.19. The molecule has 5 nitrogen and oxygen atoms in total. The Kier molecular flexibility index (Phi) is 7.03. The summed E-state index contributed by atoms with van der Waals surface area (Å²) in [5, 5.41) is 6.43. The Morgan fingerprint density at radius 2 is 2.00 bits per heavy atom. The Balaban J connectivity index is 1.57. The summed E-state index contributed by atoms with van der Waals surface area (Å²) in [4.78, 5) is 24.4. The van der Waals surface area contributed by atoms with Gasteiger partial charge in [-0.1, -0.05) is 50.6 Å². The smallest absolute Gasteiger partial charge is 0.412 e. The van der Waals surface area contributed by atoms with E-state index in [2.05, 4.69) is 38.4 Å². The fraction of sp³-hybridized carbons (Fsp3) is 0.429. The molecule has 1 aromatic carbocycles. The van der Waals surface area contributed by atoms with Gasteiger partial charge in [0.2, 0.25) is 0 Å². The van der Waals surface area contributed by atoms with Crippen molar-refractivity contribution in [1.29, 1.82) is 0 Å². The summed E-state index contributed by atoms with van der Waals surface area (Å²) in [6.07, 6.45) is 0.0827. The fourth-order valence-electron chi connectivity index (χ4n) is 3.28. The first-order valence-electron chi connectivity index (χ1n) is 9.62. The number of carbonyl (C=O) groups excluding carboxylic acids is 1. The van der Waals surface area contributed by atoms with Gasteiger partial charge in [-0.3, -0.25) is 14.7 Å². The third-order valence-electron chi connectivity index (χ3n) is 4.66. The molecule has 8 heteroatoms. The first-order valence-corrected chi connectivity index (χ1v) is 11.7. The highest BCUT2D eigenvalue weighted by atomic mass is 35.5. The molecule has 1 N–H and O–H groups in total. The predicted octanol–water partition coefficient (Wildman–Crippen LogP) is 6.66. The number of amides is 1. The zero-order valence-electron chi connectivity index (χ0n) is 17.0. The van der Waals surface area contributed by atoms with Crippen LogP contribution >= 0.6 is 34.3 Å². The molecule has 0 aliphatic carbocycles. The van der Waals surface area contributed by atoms with Gasteiger partial charge < -0.3 is 4.74 Å². The zero-order valence-corrected chi connectivity index (χ0v) is 19.3. The van der Waals surface area contributed by atoms with Crippen LogP contribution in [0.15, 0.2) is 28.4 Å². The summed E-state index contributed by atoms with van der Waals surface area (Å²) in [6.45, 7) is 9.26. The standard InChI is InChI=1S/C21H25ClN2O3S2/c1-12(2)15-11-28-19(18(15)13(3)4)23-20(25)27-9-5-8-24-16-10-14(22)6-7-17(16)29-21(24)26/h6-7,10-13H,5,8-9H2,1-4H3,(H,23,25). The molecule has 0 radical (unpaired) electrons. The van der Waals surface area contributed by atoms with E-state index in [1.54, 1.807) is 16.7 Å². The van der Waals surface area contributed by atoms with Crippen LogP contribution in [0.4, 0.5) is 9.80 Å². The second-order valence-corrected chi connectivity index (χ2v) is 9.80. The largest absolute Gasteiger partial charge is 0.449 e. The molecule has 0 fully saturated rings. The number of anilines is 1. The van der Waals surface area contributed by atoms with Gasteiger partial charge in [0, 0.05) is 11.6 Å². The number of ether oxygens (including phenoxy) is 1. The summed E-state index contributed by atoms with van der Waals surface area (Å²) in [5.41, 5.74) is 3.26. The molecule has 0 spiro atoms. The number of hydrogen-bond acceptors (Lipinski definition) is 5. The van der Waals surface area contributed by atoms with Crippen LogP contribution in [0, 0.1) is 0 Å². The Labute approximate surface area is 183 Å². The van der Waals surface area contributed by atoms with E-state index >= 15 is 0 Å². The van der Waals surface area contributed by atoms with Crippen LogP contribution in [0.25, 0.3) is 10.2 Å². The minimum absolute atomic E-state index is 0.0342. The third-order valence-corrected chi connectivity index (χ3v) is 6.79. The van der Waals surface area contributed by atoms with Gasteiger partial charge in [-0.25, -0.2) is 4.79 Å². The number of rotatable bonds is 7. The molecule has 0 aliphatic rings. The number of nitrogens with zero attached hydrogens (tertiary/aromatic N) is 1. The van der Waals surface area contributed by atoms with Crippen LogP contribution in [0.2, 0.25) is 5.02 Å². The van der Waals surface area contributed by atoms with E-state index in [1.165, 1.54) is 33.8 Å². The van der Waals surface area contributed by atoms with Crippen molar-refractivity contribution in [3.8, 4) is 0 Å². The second kappa shape index (κ2) is 9.32. The monoisotopic (exact) mass is 452 g/mol. The van der Waals surface area contributed by atoms with E-state index < -0.39 is 6.09 Å². The van der Waals surface area contributed by atoms with Crippen LogP contribution in [0.5, 0.6) is 0 Å². The van der Waals surface area contributed by atoms with Gasteiger partial charge in [-0.15, -0.1) is 11.3 Å². The summed E-state index contributed by atoms with van der Waals surface area (Å²) in [6, 6.07) is 5.42. The van der Waals surface area contributed by atoms with Crippen molar-refractivity contribution in [2.45, 2.75) is 52.5 Å². The van der Waals surface area contributed by atoms with Crippen LogP contribution in [-0.2, 0) is 11.3 Å². The van der Waals surface area contributed by atoms with Crippen molar-refractivity contribution in [2.75, 3.05) is 11.9 Å². The fourth-order valence-corrected chi connectivity index (χ4v) is 5.61. The number of carbonyl (C=O) groups is 1. The molecule has 2 heterocycles. The van der Waals surface area contributed by atoms with Crippen molar-refractivity contribution >= 4 is 55.6 Å². The summed E-state index contributed by atoms with van der Waals surface area (Å²) < 4.78 is 7.92. The van der Waals surface area contributed by atoms with E-state index in [0.717, 1.165) is 15.2 Å². The lowest BCUT2D eigenvalue weighted by atomic mass is 9.94. The third kappa shape index (κ3) is 5.02. The number of aromatic nitrogens is 1. The average molecular weight is 453 g/mol. The lowest BCUT2D eigenvalue weighted by Gasteiger charge is -2.14. The van der Waals surface area contributed by atoms with E-state index in [-0.39, 0.29) is 11.5 Å². The Hall–Kier alpha value is -1.83. The number of thiophene rings is 1. The molecular formula is C21H25ClN2O3S2. The number of nitrogens with one attached hydrogen (secondary N) is 1. The maximum absolute atomic E-state index is 12.2. The minimum Gasteiger partial charge on any atom is -0.449 e. The highest BCUT2D eigenvalue weighted by Crippen LogP contribution is 2.38. The molecule has 0 unspecified atom stereocenters. The summed E-state index contributed by atoms with van der Waals surface area (Å²) in [5.74, 6) is 0.724. The van der Waals surface area contributed by atoms with Gasteiger partial charge in [0.05, 0.1) is 16.8 Å². The van der Waals surface area contributed by atoms with Crippen LogP contribution < -0.4 is 10.2 Å². The van der Waals surface area contributed by atoms with Gasteiger partial charge in [-0.05, 0) is 53.0 Å². The maximum Gasteiger partial charge on any atom is 0.412 e. The Morgan fingerprint density at radius 3 is 2.69 bits per heavy atom. The van der Waals surface area contributed by atoms with Crippen LogP contribution in [-0.4, -0.2) is 17.3 Å². The number of fused-ring (bicyclic) bond motifs is 1. The lowest BCUT2D eigenvalue weighted by Crippen LogP contribution is -2.18. The molecule has 156 valence electrons. The highest BCUT2D eigenvalue weighted by Gasteiger charge is 2.19. The maximum atomic E-state index is 12.2. The van der Waals surface area contributed by atoms with E-state index in [0.29, 0.717) is 29.8 Å². The van der Waals surface area contributed by atoms with Gasteiger partial charge in [-0.2, -0.15) is 0 Å². The van der Waals surface area contributed by atoms with Crippen molar-refractivity contribution in [3.63, 3.8) is 0 Å². The molecular weight excluding hydrogens is 428 g/mol. The normalized spacial score (nSPS) is 11.6. The van der Waals surface area contributed by atoms with E-state index in [4.69, 9.17) is 16.3 Å². The molecule has 2 aromatic heterocycles. The molecule has 29 heavy (non-hydrogen) atoms. The van der Waals surface area contributed by atoms with Gasteiger partial charge in [0.15, 0.2) is 0 Å². The van der Waals surface area contributed by atoms with Gasteiger partial charge in [0.1, 0.15) is 5.00 Å². The number of halogens is 1. The topological polar surface area (TPSA) is 60.3 Å². The van der Waals surface area contributed by atoms with Crippen LogP contribution in [0.1, 0.15) is 57.1 Å². The number of benzene rings is 1. The first-order chi connectivity index (χ1) is 13.8. The first kappa shape index (κ1) is 21.9.